The molecule has 2 aromatic rings. The third kappa shape index (κ3) is 4.08. The molecule has 1 heterocycles. The zero-order valence-corrected chi connectivity index (χ0v) is 11.7. The lowest BCUT2D eigenvalue weighted by Crippen LogP contribution is -2.15. The Bertz CT molecular complexity index is 523. The highest BCUT2D eigenvalue weighted by Crippen LogP contribution is 2.24. The minimum Gasteiger partial charge on any atom is -0.310 e. The largest absolute Gasteiger partial charge is 0.310 e. The van der Waals surface area contributed by atoms with Crippen molar-refractivity contribution in [2.24, 2.45) is 0 Å². The molecule has 2 nitrogen and oxygen atoms in total. The minimum atomic E-state index is 0.770. The quantitative estimate of drug-likeness (QED) is 0.811. The Morgan fingerprint density at radius 3 is 2.84 bits per heavy atom. The molecule has 1 aromatic heterocycles. The van der Waals surface area contributed by atoms with Gasteiger partial charge in [0.25, 0.3) is 0 Å². The zero-order chi connectivity index (χ0) is 12.9. The summed E-state index contributed by atoms with van der Waals surface area (Å²) in [5.74, 6) is 0.980. The van der Waals surface area contributed by atoms with E-state index < -0.39 is 0 Å². The molecule has 19 heavy (non-hydrogen) atoms. The number of hydrogen-bond donors (Lipinski definition) is 1. The van der Waals surface area contributed by atoms with Crippen molar-refractivity contribution in [2.75, 3.05) is 0 Å². The second-order valence-electron chi connectivity index (χ2n) is 4.95. The molecule has 0 atom stereocenters. The van der Waals surface area contributed by atoms with E-state index in [1.54, 1.807) is 0 Å². The highest BCUT2D eigenvalue weighted by molar-refractivity contribution is 7.98. The first kappa shape index (κ1) is 12.7. The topological polar surface area (TPSA) is 24.9 Å². The van der Waals surface area contributed by atoms with Crippen molar-refractivity contribution in [1.29, 1.82) is 0 Å². The van der Waals surface area contributed by atoms with Gasteiger partial charge in [-0.15, -0.1) is 11.8 Å². The van der Waals surface area contributed by atoms with Crippen LogP contribution in [-0.2, 0) is 12.3 Å². The van der Waals surface area contributed by atoms with E-state index in [0.29, 0.717) is 0 Å². The minimum absolute atomic E-state index is 0.770. The molecule has 0 saturated heterocycles. The summed E-state index contributed by atoms with van der Waals surface area (Å²) in [7, 11) is 0. The Labute approximate surface area is 118 Å². The second-order valence-corrected chi connectivity index (χ2v) is 6.00. The summed E-state index contributed by atoms with van der Waals surface area (Å²) in [5.41, 5.74) is 2.65. The van der Waals surface area contributed by atoms with Crippen LogP contribution in [0.15, 0.2) is 53.7 Å². The maximum absolute atomic E-state index is 4.15. The second kappa shape index (κ2) is 6.22. The van der Waals surface area contributed by atoms with Gasteiger partial charge in [-0.25, -0.2) is 0 Å². The van der Waals surface area contributed by atoms with Crippen LogP contribution in [0.4, 0.5) is 0 Å². The number of hydrogen-bond acceptors (Lipinski definition) is 3. The number of rotatable bonds is 6. The fourth-order valence-corrected chi connectivity index (χ4v) is 2.86. The van der Waals surface area contributed by atoms with Crippen molar-refractivity contribution < 1.29 is 0 Å². The third-order valence-electron chi connectivity index (χ3n) is 3.20. The van der Waals surface area contributed by atoms with Crippen LogP contribution >= 0.6 is 11.8 Å². The van der Waals surface area contributed by atoms with E-state index in [1.165, 1.54) is 28.9 Å². The standard InChI is InChI=1S/C16H18N2S/c1-3-13(11-18-15-6-7-15)9-16(5-1)19-12-14-4-2-8-17-10-14/h1-5,8-10,15,18H,6-7,11-12H2. The fraction of sp³-hybridized carbons (Fsp3) is 0.312. The van der Waals surface area contributed by atoms with Crippen molar-refractivity contribution in [2.45, 2.75) is 36.1 Å². The van der Waals surface area contributed by atoms with Gasteiger partial charge in [-0.1, -0.05) is 18.2 Å². The average molecular weight is 270 g/mol. The van der Waals surface area contributed by atoms with Crippen LogP contribution in [0.5, 0.6) is 0 Å². The molecule has 0 radical (unpaired) electrons. The van der Waals surface area contributed by atoms with Crippen LogP contribution in [0.25, 0.3) is 0 Å². The Balaban J connectivity index is 1.56. The number of nitrogens with one attached hydrogen (secondary N) is 1. The summed E-state index contributed by atoms with van der Waals surface area (Å²) >= 11 is 1.87. The smallest absolute Gasteiger partial charge is 0.0308 e. The van der Waals surface area contributed by atoms with Crippen molar-refractivity contribution in [3.63, 3.8) is 0 Å². The van der Waals surface area contributed by atoms with E-state index in [2.05, 4.69) is 40.6 Å². The van der Waals surface area contributed by atoms with Crippen LogP contribution in [0.3, 0.4) is 0 Å². The van der Waals surface area contributed by atoms with Gasteiger partial charge in [-0.05, 0) is 42.2 Å². The van der Waals surface area contributed by atoms with Gasteiger partial charge >= 0.3 is 0 Å². The first-order valence-corrected chi connectivity index (χ1v) is 7.73. The molecule has 0 aliphatic heterocycles. The molecular weight excluding hydrogens is 252 g/mol. The molecular formula is C16H18N2S. The number of aromatic nitrogens is 1. The van der Waals surface area contributed by atoms with Gasteiger partial charge in [0.15, 0.2) is 0 Å². The van der Waals surface area contributed by atoms with Crippen LogP contribution < -0.4 is 5.32 Å². The highest BCUT2D eigenvalue weighted by Gasteiger charge is 2.19. The van der Waals surface area contributed by atoms with Crippen LogP contribution in [0, 0.1) is 0 Å². The number of benzene rings is 1. The van der Waals surface area contributed by atoms with Gasteiger partial charge in [0.2, 0.25) is 0 Å². The third-order valence-corrected chi connectivity index (χ3v) is 4.26. The van der Waals surface area contributed by atoms with Crippen LogP contribution in [0.2, 0.25) is 0 Å². The maximum Gasteiger partial charge on any atom is 0.0308 e. The Morgan fingerprint density at radius 1 is 1.16 bits per heavy atom. The number of thioether (sulfide) groups is 1. The summed E-state index contributed by atoms with van der Waals surface area (Å²) in [6.45, 7) is 0.992. The van der Waals surface area contributed by atoms with Crippen molar-refractivity contribution in [3.05, 3.63) is 59.9 Å². The molecule has 1 N–H and O–H groups in total. The summed E-state index contributed by atoms with van der Waals surface area (Å²) in [6, 6.07) is 13.7. The molecule has 1 saturated carbocycles. The molecule has 0 spiro atoms. The monoisotopic (exact) mass is 270 g/mol. The van der Waals surface area contributed by atoms with E-state index in [1.807, 2.05) is 30.2 Å². The van der Waals surface area contributed by atoms with Crippen LogP contribution in [0.1, 0.15) is 24.0 Å². The van der Waals surface area contributed by atoms with E-state index in [4.69, 9.17) is 0 Å². The lowest BCUT2D eigenvalue weighted by molar-refractivity contribution is 0.687. The molecule has 1 aliphatic rings. The predicted molar refractivity (Wildman–Crippen MR) is 80.1 cm³/mol. The van der Waals surface area contributed by atoms with Gasteiger partial charge in [-0.3, -0.25) is 4.98 Å². The fourth-order valence-electron chi connectivity index (χ4n) is 1.95. The van der Waals surface area contributed by atoms with Crippen LogP contribution in [-0.4, -0.2) is 11.0 Å². The zero-order valence-electron chi connectivity index (χ0n) is 10.9. The molecule has 1 fully saturated rings. The lowest BCUT2D eigenvalue weighted by Gasteiger charge is -2.06. The molecule has 3 heteroatoms. The van der Waals surface area contributed by atoms with E-state index in [9.17, 15) is 0 Å². The molecule has 0 unspecified atom stereocenters. The SMILES string of the molecule is c1cncc(CSc2cccc(CNC3CC3)c2)c1. The first-order chi connectivity index (χ1) is 9.40. The van der Waals surface area contributed by atoms with Gasteiger partial charge in [0, 0.05) is 35.6 Å². The van der Waals surface area contributed by atoms with Crippen molar-refractivity contribution in [1.82, 2.24) is 10.3 Å². The van der Waals surface area contributed by atoms with E-state index in [-0.39, 0.29) is 0 Å². The van der Waals surface area contributed by atoms with Gasteiger partial charge in [-0.2, -0.15) is 0 Å². The van der Waals surface area contributed by atoms with Crippen molar-refractivity contribution in [3.8, 4) is 0 Å². The summed E-state index contributed by atoms with van der Waals surface area (Å²) in [6.07, 6.45) is 6.44. The normalized spacial score (nSPS) is 14.5. The molecule has 0 bridgehead atoms. The molecule has 0 amide bonds. The highest BCUT2D eigenvalue weighted by atomic mass is 32.2. The average Bonchev–Trinajstić information content (AvgIpc) is 3.29. The number of pyridine rings is 1. The molecule has 98 valence electrons. The Morgan fingerprint density at radius 2 is 2.05 bits per heavy atom. The predicted octanol–water partition coefficient (Wildman–Crippen LogP) is 3.63. The Kier molecular flexibility index (Phi) is 4.16. The molecule has 3 rings (SSSR count). The molecule has 1 aromatic carbocycles. The summed E-state index contributed by atoms with van der Waals surface area (Å²) in [4.78, 5) is 5.48. The summed E-state index contributed by atoms with van der Waals surface area (Å²) in [5, 5.41) is 3.55. The Hall–Kier alpha value is -1.32. The van der Waals surface area contributed by atoms with E-state index in [0.717, 1.165) is 18.3 Å². The van der Waals surface area contributed by atoms with Gasteiger partial charge < -0.3 is 5.32 Å². The lowest BCUT2D eigenvalue weighted by atomic mass is 10.2. The van der Waals surface area contributed by atoms with Gasteiger partial charge in [0.05, 0.1) is 0 Å². The molecule has 1 aliphatic carbocycles. The van der Waals surface area contributed by atoms with Crippen molar-refractivity contribution >= 4 is 11.8 Å². The van der Waals surface area contributed by atoms with E-state index >= 15 is 0 Å². The maximum atomic E-state index is 4.15. The number of nitrogens with zero attached hydrogens (tertiary/aromatic N) is 1. The van der Waals surface area contributed by atoms with Gasteiger partial charge in [0.1, 0.15) is 0 Å². The summed E-state index contributed by atoms with van der Waals surface area (Å²) < 4.78 is 0. The first-order valence-electron chi connectivity index (χ1n) is 6.74.